The summed E-state index contributed by atoms with van der Waals surface area (Å²) in [4.78, 5) is 2.74. The second kappa shape index (κ2) is 7.28. The third-order valence-corrected chi connectivity index (χ3v) is 7.07. The van der Waals surface area contributed by atoms with Gasteiger partial charge in [0, 0.05) is 21.9 Å². The molecule has 1 heterocycles. The Bertz CT molecular complexity index is 954. The maximum absolute atomic E-state index is 11.7. The largest absolute Gasteiger partial charge is 0.484 e. The molecular formula is C20H21Cl2NO3S. The molecule has 1 aliphatic heterocycles. The van der Waals surface area contributed by atoms with Crippen molar-refractivity contribution in [2.75, 3.05) is 19.3 Å². The minimum absolute atomic E-state index is 0.182. The van der Waals surface area contributed by atoms with Crippen LogP contribution >= 0.6 is 23.2 Å². The molecule has 0 bridgehead atoms. The molecule has 0 unspecified atom stereocenters. The van der Waals surface area contributed by atoms with Crippen molar-refractivity contribution in [2.24, 2.45) is 0 Å². The molecule has 7 heteroatoms. The number of sulfone groups is 1. The molecule has 2 aromatic carbocycles. The van der Waals surface area contributed by atoms with Gasteiger partial charge in [0.05, 0.1) is 10.9 Å². The summed E-state index contributed by atoms with van der Waals surface area (Å²) in [6, 6.07) is 10.5. The molecule has 2 aliphatic rings. The predicted molar refractivity (Wildman–Crippen MR) is 108 cm³/mol. The first kappa shape index (κ1) is 19.1. The minimum atomic E-state index is -3.23. The maximum atomic E-state index is 11.7. The molecule has 0 radical (unpaired) electrons. The van der Waals surface area contributed by atoms with Gasteiger partial charge >= 0.3 is 0 Å². The van der Waals surface area contributed by atoms with Gasteiger partial charge in [-0.05, 0) is 74.3 Å². The number of ether oxygens (including phenoxy) is 1. The number of likely N-dealkylation sites (tertiary alicyclic amines) is 1. The number of benzene rings is 2. The van der Waals surface area contributed by atoms with E-state index >= 15 is 0 Å². The zero-order chi connectivity index (χ0) is 19.2. The summed E-state index contributed by atoms with van der Waals surface area (Å²) in [5, 5.41) is 1.28. The van der Waals surface area contributed by atoms with Crippen LogP contribution in [0.1, 0.15) is 30.1 Å². The van der Waals surface area contributed by atoms with E-state index in [1.54, 1.807) is 30.3 Å². The quantitative estimate of drug-likeness (QED) is 0.721. The summed E-state index contributed by atoms with van der Waals surface area (Å²) in [6.07, 6.45) is 4.23. The van der Waals surface area contributed by atoms with E-state index in [2.05, 4.69) is 4.90 Å². The van der Waals surface area contributed by atoms with E-state index < -0.39 is 9.84 Å². The lowest BCUT2D eigenvalue weighted by Gasteiger charge is -2.30. The summed E-state index contributed by atoms with van der Waals surface area (Å²) >= 11 is 12.7. The number of hydrogen-bond acceptors (Lipinski definition) is 4. The highest BCUT2D eigenvalue weighted by Crippen LogP contribution is 2.43. The Morgan fingerprint density at radius 2 is 1.74 bits per heavy atom. The number of rotatable bonds is 4. The average molecular weight is 426 g/mol. The van der Waals surface area contributed by atoms with Gasteiger partial charge in [-0.15, -0.1) is 0 Å². The molecule has 1 aliphatic carbocycles. The number of nitrogens with zero attached hydrogens (tertiary/aromatic N) is 1. The van der Waals surface area contributed by atoms with Crippen LogP contribution in [0.5, 0.6) is 5.75 Å². The summed E-state index contributed by atoms with van der Waals surface area (Å²) in [7, 11) is -3.23. The molecule has 2 atom stereocenters. The van der Waals surface area contributed by atoms with E-state index in [9.17, 15) is 8.42 Å². The maximum Gasteiger partial charge on any atom is 0.175 e. The van der Waals surface area contributed by atoms with E-state index in [0.29, 0.717) is 15.8 Å². The first-order chi connectivity index (χ1) is 12.8. The second-order valence-electron chi connectivity index (χ2n) is 7.25. The minimum Gasteiger partial charge on any atom is -0.484 e. The lowest BCUT2D eigenvalue weighted by atomic mass is 10.1. The predicted octanol–water partition coefficient (Wildman–Crippen LogP) is 4.54. The van der Waals surface area contributed by atoms with Crippen molar-refractivity contribution in [3.05, 3.63) is 57.6 Å². The molecular weight excluding hydrogens is 405 g/mol. The first-order valence-electron chi connectivity index (χ1n) is 9.01. The molecule has 4 nitrogen and oxygen atoms in total. The number of fused-ring (bicyclic) bond motifs is 1. The zero-order valence-electron chi connectivity index (χ0n) is 15.0. The van der Waals surface area contributed by atoms with Crippen molar-refractivity contribution in [3.8, 4) is 5.75 Å². The molecule has 1 saturated heterocycles. The van der Waals surface area contributed by atoms with Crippen molar-refractivity contribution in [1.29, 1.82) is 0 Å². The van der Waals surface area contributed by atoms with Gasteiger partial charge in [-0.2, -0.15) is 0 Å². The highest BCUT2D eigenvalue weighted by molar-refractivity contribution is 7.90. The molecule has 0 spiro atoms. The van der Waals surface area contributed by atoms with Gasteiger partial charge < -0.3 is 4.74 Å². The van der Waals surface area contributed by atoms with Gasteiger partial charge in [0.1, 0.15) is 11.9 Å². The lowest BCUT2D eigenvalue weighted by molar-refractivity contribution is 0.0941. The van der Waals surface area contributed by atoms with Gasteiger partial charge in [0.2, 0.25) is 0 Å². The Balaban J connectivity index is 1.67. The van der Waals surface area contributed by atoms with Crippen molar-refractivity contribution in [1.82, 2.24) is 4.90 Å². The van der Waals surface area contributed by atoms with Crippen molar-refractivity contribution < 1.29 is 13.2 Å². The number of hydrogen-bond donors (Lipinski definition) is 0. The highest BCUT2D eigenvalue weighted by Gasteiger charge is 2.40. The van der Waals surface area contributed by atoms with Gasteiger partial charge in [-0.25, -0.2) is 8.42 Å². The molecule has 0 aromatic heterocycles. The molecule has 2 aromatic rings. The van der Waals surface area contributed by atoms with Gasteiger partial charge in [-0.3, -0.25) is 4.90 Å². The summed E-state index contributed by atoms with van der Waals surface area (Å²) < 4.78 is 29.7. The first-order valence-corrected chi connectivity index (χ1v) is 11.7. The van der Waals surface area contributed by atoms with E-state index in [-0.39, 0.29) is 17.0 Å². The van der Waals surface area contributed by atoms with Crippen molar-refractivity contribution in [3.63, 3.8) is 0 Å². The molecule has 0 N–H and O–H groups in total. The lowest BCUT2D eigenvalue weighted by Crippen LogP contribution is -2.38. The van der Waals surface area contributed by atoms with E-state index in [1.165, 1.54) is 19.1 Å². The van der Waals surface area contributed by atoms with Gasteiger partial charge in [0.25, 0.3) is 0 Å². The van der Waals surface area contributed by atoms with Crippen molar-refractivity contribution >= 4 is 33.0 Å². The van der Waals surface area contributed by atoms with Crippen LogP contribution in [0.25, 0.3) is 0 Å². The van der Waals surface area contributed by atoms with Crippen LogP contribution in [0, 0.1) is 0 Å². The Labute approximate surface area is 170 Å². The fraction of sp³-hybridized carbons (Fsp3) is 0.400. The second-order valence-corrected chi connectivity index (χ2v) is 10.1. The number of halogens is 2. The Hall–Kier alpha value is -1.27. The standard InChI is InChI=1S/C20H21Cl2NO3S/c1-27(24,25)15-6-4-14(5-7-15)26-20-17-10-13(21)11-18(22)16(17)12-19(20)23-8-2-3-9-23/h4-7,10-11,19-20H,2-3,8-9,12H2,1H3/t19-,20-/m0/s1. The summed E-state index contributed by atoms with van der Waals surface area (Å²) in [5.41, 5.74) is 2.12. The van der Waals surface area contributed by atoms with Crippen LogP contribution in [0.4, 0.5) is 0 Å². The van der Waals surface area contributed by atoms with E-state index in [1.807, 2.05) is 6.07 Å². The average Bonchev–Trinajstić information content (AvgIpc) is 3.23. The fourth-order valence-corrected chi connectivity index (χ4v) is 5.28. The monoisotopic (exact) mass is 425 g/mol. The molecule has 27 heavy (non-hydrogen) atoms. The van der Waals surface area contributed by atoms with E-state index in [0.717, 1.165) is 30.6 Å². The van der Waals surface area contributed by atoms with Crippen LogP contribution in [0.2, 0.25) is 10.0 Å². The Kier molecular flexibility index (Phi) is 5.14. The van der Waals surface area contributed by atoms with E-state index in [4.69, 9.17) is 27.9 Å². The summed E-state index contributed by atoms with van der Waals surface area (Å²) in [5.74, 6) is 0.639. The van der Waals surface area contributed by atoms with Crippen molar-refractivity contribution in [2.45, 2.75) is 36.3 Å². The molecule has 0 saturated carbocycles. The molecule has 144 valence electrons. The van der Waals surface area contributed by atoms with Crippen LogP contribution in [0.3, 0.4) is 0 Å². The van der Waals surface area contributed by atoms with Crippen LogP contribution < -0.4 is 4.74 Å². The third-order valence-electron chi connectivity index (χ3n) is 5.39. The highest BCUT2D eigenvalue weighted by atomic mass is 35.5. The Morgan fingerprint density at radius 1 is 1.07 bits per heavy atom. The van der Waals surface area contributed by atoms with Crippen LogP contribution in [-0.2, 0) is 16.3 Å². The third kappa shape index (κ3) is 3.83. The normalized spacial score (nSPS) is 22.8. The smallest absolute Gasteiger partial charge is 0.175 e. The van der Waals surface area contributed by atoms with Crippen LogP contribution in [-0.4, -0.2) is 38.7 Å². The van der Waals surface area contributed by atoms with Crippen LogP contribution in [0.15, 0.2) is 41.3 Å². The fourth-order valence-electron chi connectivity index (χ4n) is 4.06. The molecule has 0 amide bonds. The van der Waals surface area contributed by atoms with Gasteiger partial charge in [0.15, 0.2) is 9.84 Å². The topological polar surface area (TPSA) is 46.6 Å². The Morgan fingerprint density at radius 3 is 2.37 bits per heavy atom. The molecule has 4 rings (SSSR count). The SMILES string of the molecule is CS(=O)(=O)c1ccc(O[C@H]2c3cc(Cl)cc(Cl)c3C[C@@H]2N2CCCC2)cc1. The molecule has 1 fully saturated rings. The zero-order valence-corrected chi connectivity index (χ0v) is 17.3. The summed E-state index contributed by atoms with van der Waals surface area (Å²) in [6.45, 7) is 2.10. The van der Waals surface area contributed by atoms with Gasteiger partial charge in [-0.1, -0.05) is 23.2 Å².